The summed E-state index contributed by atoms with van der Waals surface area (Å²) in [6, 6.07) is 0. The number of likely N-dealkylation sites (tertiary alicyclic amines) is 1. The van der Waals surface area contributed by atoms with Crippen molar-refractivity contribution < 1.29 is 42.3 Å². The number of aldehydes is 1. The van der Waals surface area contributed by atoms with Crippen molar-refractivity contribution in [3.05, 3.63) is 0 Å². The van der Waals surface area contributed by atoms with Gasteiger partial charge in [0.15, 0.2) is 5.60 Å². The molecule has 27 heavy (non-hydrogen) atoms. The van der Waals surface area contributed by atoms with E-state index < -0.39 is 18.1 Å². The molecule has 1 amide bonds. The lowest BCUT2D eigenvalue weighted by atomic mass is 9.87. The monoisotopic (exact) mass is 397 g/mol. The third-order valence-electron chi connectivity index (χ3n) is 4.71. The van der Waals surface area contributed by atoms with Crippen LogP contribution in [0.2, 0.25) is 0 Å². The van der Waals surface area contributed by atoms with Crippen LogP contribution >= 0.6 is 0 Å². The van der Waals surface area contributed by atoms with Gasteiger partial charge in [0.1, 0.15) is 24.3 Å². The molecule has 4 aliphatic rings. The Hall–Kier alpha value is -1.39. The van der Waals surface area contributed by atoms with Gasteiger partial charge in [0.05, 0.1) is 26.3 Å². The molecule has 0 saturated carbocycles. The lowest BCUT2D eigenvalue weighted by Crippen LogP contribution is -3.04. The van der Waals surface area contributed by atoms with E-state index in [2.05, 4.69) is 5.32 Å². The maximum absolute atomic E-state index is 11.5. The predicted octanol–water partition coefficient (Wildman–Crippen LogP) is 0.866. The van der Waals surface area contributed by atoms with E-state index in [1.807, 2.05) is 20.8 Å². The van der Waals surface area contributed by atoms with Gasteiger partial charge in [-0.05, 0) is 20.8 Å². The smallest absolute Gasteiger partial charge is 0.444 e. The first-order chi connectivity index (χ1) is 12.4. The summed E-state index contributed by atoms with van der Waals surface area (Å²) in [6.07, 6.45) is -3.54. The van der Waals surface area contributed by atoms with Gasteiger partial charge in [-0.2, -0.15) is 13.2 Å². The largest absolute Gasteiger partial charge is 0.446 e. The van der Waals surface area contributed by atoms with Gasteiger partial charge in [0.25, 0.3) is 0 Å². The molecule has 0 unspecified atom stereocenters. The molecule has 4 aliphatic heterocycles. The van der Waals surface area contributed by atoms with Crippen LogP contribution < -0.4 is 5.32 Å². The molecule has 2 spiro atoms. The minimum atomic E-state index is -4.64. The molecule has 0 aromatic carbocycles. The van der Waals surface area contributed by atoms with E-state index in [9.17, 15) is 18.0 Å². The lowest BCUT2D eigenvalue weighted by molar-refractivity contribution is -0.752. The number of hydrogen-bond acceptors (Lipinski definition) is 5. The Bertz CT molecular complexity index is 512. The van der Waals surface area contributed by atoms with Gasteiger partial charge in [-0.1, -0.05) is 0 Å². The molecule has 4 fully saturated rings. The minimum absolute atomic E-state index is 0.00307. The van der Waals surface area contributed by atoms with Crippen LogP contribution in [0.15, 0.2) is 0 Å². The molecule has 0 radical (unpaired) electrons. The number of halogens is 3. The molecule has 0 bridgehead atoms. The fourth-order valence-electron chi connectivity index (χ4n) is 2.92. The molecule has 10 heteroatoms. The molecule has 0 aromatic rings. The summed E-state index contributed by atoms with van der Waals surface area (Å²) in [5.41, 5.74) is -0.0167. The standard InChI is InChI=1S/C10H17NO3.C5H9NO.C2HF3O/c1-9(2,3)14-8(12)11-6-10(7-11)4-5-13-10;1-2-7-5(1)3-6-4-5;3-2(4,5)1-6/h4-7H2,1-3H3;6H,1-4H2;1H/p+1. The summed E-state index contributed by atoms with van der Waals surface area (Å²) in [6.45, 7) is 11.3. The molecule has 0 aromatic heterocycles. The summed E-state index contributed by atoms with van der Waals surface area (Å²) in [7, 11) is 0. The Balaban J connectivity index is 0.000000167. The Morgan fingerprint density at radius 2 is 1.52 bits per heavy atom. The van der Waals surface area contributed by atoms with Gasteiger partial charge in [-0.25, -0.2) is 4.79 Å². The number of quaternary nitrogens is 1. The van der Waals surface area contributed by atoms with E-state index in [4.69, 9.17) is 19.0 Å². The van der Waals surface area contributed by atoms with Crippen molar-refractivity contribution in [1.82, 2.24) is 4.90 Å². The number of alkyl halides is 3. The average molecular weight is 397 g/mol. The van der Waals surface area contributed by atoms with Gasteiger partial charge in [-0.15, -0.1) is 0 Å². The van der Waals surface area contributed by atoms with Gasteiger partial charge >= 0.3 is 12.3 Å². The van der Waals surface area contributed by atoms with E-state index in [0.29, 0.717) is 18.7 Å². The minimum Gasteiger partial charge on any atom is -0.444 e. The number of ether oxygens (including phenoxy) is 3. The molecule has 156 valence electrons. The second kappa shape index (κ2) is 7.92. The van der Waals surface area contributed by atoms with Crippen LogP contribution in [0, 0.1) is 0 Å². The molecule has 0 atom stereocenters. The normalized spacial score (nSPS) is 23.9. The van der Waals surface area contributed by atoms with Crippen molar-refractivity contribution in [1.29, 1.82) is 0 Å². The van der Waals surface area contributed by atoms with Crippen LogP contribution in [0.3, 0.4) is 0 Å². The van der Waals surface area contributed by atoms with Crippen molar-refractivity contribution in [3.63, 3.8) is 0 Å². The van der Waals surface area contributed by atoms with Gasteiger partial charge in [-0.3, -0.25) is 4.79 Å². The van der Waals surface area contributed by atoms with Crippen LogP contribution in [-0.4, -0.2) is 79.7 Å². The number of rotatable bonds is 0. The highest BCUT2D eigenvalue weighted by Crippen LogP contribution is 2.36. The number of amides is 1. The lowest BCUT2D eigenvalue weighted by Gasteiger charge is -2.54. The van der Waals surface area contributed by atoms with Gasteiger partial charge in [0.2, 0.25) is 6.29 Å². The van der Waals surface area contributed by atoms with Crippen LogP contribution in [0.4, 0.5) is 18.0 Å². The van der Waals surface area contributed by atoms with Crippen LogP contribution in [0.25, 0.3) is 0 Å². The van der Waals surface area contributed by atoms with Crippen molar-refractivity contribution >= 4 is 12.4 Å². The molecular weight excluding hydrogens is 369 g/mol. The fourth-order valence-corrected chi connectivity index (χ4v) is 2.92. The predicted molar refractivity (Wildman–Crippen MR) is 88.2 cm³/mol. The molecule has 7 nitrogen and oxygen atoms in total. The van der Waals surface area contributed by atoms with E-state index >= 15 is 0 Å². The van der Waals surface area contributed by atoms with E-state index in [-0.39, 0.29) is 11.7 Å². The molecule has 2 N–H and O–H groups in total. The molecule has 4 heterocycles. The zero-order chi connectivity index (χ0) is 20.3. The molecule has 4 rings (SSSR count). The number of hydrogen-bond donors (Lipinski definition) is 1. The zero-order valence-corrected chi connectivity index (χ0v) is 15.9. The third kappa shape index (κ3) is 6.32. The van der Waals surface area contributed by atoms with Crippen molar-refractivity contribution in [2.24, 2.45) is 0 Å². The number of carbonyl (C=O) groups excluding carboxylic acids is 2. The Kier molecular flexibility index (Phi) is 6.43. The molecule has 0 aliphatic carbocycles. The zero-order valence-electron chi connectivity index (χ0n) is 15.9. The Labute approximate surface area is 156 Å². The molecule has 4 saturated heterocycles. The van der Waals surface area contributed by atoms with E-state index in [1.165, 1.54) is 19.5 Å². The highest BCUT2D eigenvalue weighted by Gasteiger charge is 2.51. The first-order valence-corrected chi connectivity index (χ1v) is 8.98. The second-order valence-electron chi connectivity index (χ2n) is 8.26. The van der Waals surface area contributed by atoms with Crippen molar-refractivity contribution in [3.8, 4) is 0 Å². The maximum Gasteiger partial charge on any atom is 0.446 e. The number of nitrogens with zero attached hydrogens (tertiary/aromatic N) is 1. The highest BCUT2D eigenvalue weighted by atomic mass is 19.4. The maximum atomic E-state index is 11.5. The summed E-state index contributed by atoms with van der Waals surface area (Å²) in [5.74, 6) is 0. The first-order valence-electron chi connectivity index (χ1n) is 8.98. The first kappa shape index (κ1) is 21.9. The quantitative estimate of drug-likeness (QED) is 0.614. The van der Waals surface area contributed by atoms with E-state index in [1.54, 1.807) is 4.90 Å². The summed E-state index contributed by atoms with van der Waals surface area (Å²) >= 11 is 0. The highest BCUT2D eigenvalue weighted by molar-refractivity contribution is 5.69. The topological polar surface area (TPSA) is 81.7 Å². The summed E-state index contributed by atoms with van der Waals surface area (Å²) in [5, 5.41) is 2.29. The van der Waals surface area contributed by atoms with Crippen LogP contribution in [0.1, 0.15) is 33.6 Å². The van der Waals surface area contributed by atoms with Gasteiger partial charge in [0, 0.05) is 12.8 Å². The second-order valence-corrected chi connectivity index (χ2v) is 8.26. The molecular formula is C17H28F3N2O5+. The van der Waals surface area contributed by atoms with Crippen molar-refractivity contribution in [2.45, 2.75) is 56.6 Å². The number of nitrogens with two attached hydrogens (primary N) is 1. The van der Waals surface area contributed by atoms with E-state index in [0.717, 1.165) is 19.6 Å². The average Bonchev–Trinajstić information content (AvgIpc) is 2.29. The number of carbonyl (C=O) groups is 2. The third-order valence-corrected chi connectivity index (χ3v) is 4.71. The SMILES string of the molecule is C1CC2(C[NH2+]C2)O1.CC(C)(C)OC(=O)N1CC2(CCO2)C1.O=CC(F)(F)F. The summed E-state index contributed by atoms with van der Waals surface area (Å²) in [4.78, 5) is 21.9. The fraction of sp³-hybridized carbons (Fsp3) is 0.882. The Morgan fingerprint density at radius 1 is 1.07 bits per heavy atom. The van der Waals surface area contributed by atoms with Crippen LogP contribution in [0.5, 0.6) is 0 Å². The summed E-state index contributed by atoms with van der Waals surface area (Å²) < 4.78 is 47.2. The Morgan fingerprint density at radius 3 is 1.70 bits per heavy atom. The van der Waals surface area contributed by atoms with Crippen molar-refractivity contribution in [2.75, 3.05) is 39.4 Å². The van der Waals surface area contributed by atoms with Gasteiger partial charge < -0.3 is 24.4 Å². The van der Waals surface area contributed by atoms with Crippen LogP contribution in [-0.2, 0) is 19.0 Å².